The summed E-state index contributed by atoms with van der Waals surface area (Å²) >= 11 is 17.8. The number of rotatable bonds is 4. The van der Waals surface area contributed by atoms with Gasteiger partial charge in [-0.05, 0) is 32.9 Å². The van der Waals surface area contributed by atoms with Crippen molar-refractivity contribution in [3.05, 3.63) is 29.8 Å². The van der Waals surface area contributed by atoms with Crippen LogP contribution in [0.5, 0.6) is 5.75 Å². The Bertz CT molecular complexity index is 496. The Hall–Kier alpha value is -0.680. The molecule has 0 fully saturated rings. The Morgan fingerprint density at radius 2 is 1.76 bits per heavy atom. The van der Waals surface area contributed by atoms with Gasteiger partial charge in [0.1, 0.15) is 11.9 Å². The fourth-order valence-electron chi connectivity index (χ4n) is 1.67. The van der Waals surface area contributed by atoms with Gasteiger partial charge in [-0.1, -0.05) is 46.9 Å². The third-order valence-corrected chi connectivity index (χ3v) is 3.19. The van der Waals surface area contributed by atoms with Crippen LogP contribution in [0.1, 0.15) is 31.1 Å². The lowest BCUT2D eigenvalue weighted by atomic mass is 10.1. The molecular formula is C14H19Cl3N2O2. The molecule has 21 heavy (non-hydrogen) atoms. The molecule has 0 saturated carbocycles. The Morgan fingerprint density at radius 3 is 2.24 bits per heavy atom. The van der Waals surface area contributed by atoms with E-state index in [2.05, 4.69) is 10.6 Å². The van der Waals surface area contributed by atoms with E-state index in [9.17, 15) is 4.79 Å². The van der Waals surface area contributed by atoms with Gasteiger partial charge in [-0.2, -0.15) is 0 Å². The third kappa shape index (κ3) is 5.91. The number of methoxy groups -OCH3 is 1. The molecule has 0 unspecified atom stereocenters. The Kier molecular flexibility index (Phi) is 6.17. The van der Waals surface area contributed by atoms with Crippen molar-refractivity contribution < 1.29 is 9.53 Å². The Balaban J connectivity index is 2.96. The lowest BCUT2D eigenvalue weighted by Crippen LogP contribution is -2.58. The van der Waals surface area contributed by atoms with Crippen LogP contribution in [0.4, 0.5) is 0 Å². The normalized spacial score (nSPS) is 13.7. The molecule has 0 aromatic heterocycles. The number of amides is 1. The van der Waals surface area contributed by atoms with Crippen LogP contribution in [0.3, 0.4) is 0 Å². The number of carbonyl (C=O) groups is 1. The maximum absolute atomic E-state index is 12.4. The summed E-state index contributed by atoms with van der Waals surface area (Å²) in [7, 11) is 1.49. The highest BCUT2D eigenvalue weighted by Gasteiger charge is 2.36. The molecule has 7 heteroatoms. The monoisotopic (exact) mass is 352 g/mol. The maximum atomic E-state index is 12.4. The predicted octanol–water partition coefficient (Wildman–Crippen LogP) is 3.51. The maximum Gasteiger partial charge on any atom is 0.256 e. The molecule has 0 aliphatic heterocycles. The number of ether oxygens (including phenoxy) is 1. The van der Waals surface area contributed by atoms with Gasteiger partial charge in [0, 0.05) is 5.54 Å². The number of alkyl halides is 3. The molecule has 1 atom stereocenters. The molecule has 0 radical (unpaired) electrons. The molecule has 118 valence electrons. The highest BCUT2D eigenvalue weighted by Crippen LogP contribution is 2.30. The lowest BCUT2D eigenvalue weighted by molar-refractivity contribution is 0.0919. The minimum absolute atomic E-state index is 0.345. The van der Waals surface area contributed by atoms with E-state index in [1.807, 2.05) is 20.8 Å². The molecule has 0 saturated heterocycles. The first-order valence-electron chi connectivity index (χ1n) is 6.33. The second kappa shape index (κ2) is 7.05. The molecule has 2 N–H and O–H groups in total. The van der Waals surface area contributed by atoms with E-state index in [1.165, 1.54) is 7.11 Å². The first kappa shape index (κ1) is 18.4. The number of carbonyl (C=O) groups excluding carboxylic acids is 1. The zero-order chi connectivity index (χ0) is 16.3. The molecule has 1 rings (SSSR count). The van der Waals surface area contributed by atoms with Crippen LogP contribution in [0.15, 0.2) is 24.3 Å². The van der Waals surface area contributed by atoms with Crippen LogP contribution < -0.4 is 15.4 Å². The van der Waals surface area contributed by atoms with E-state index >= 15 is 0 Å². The van der Waals surface area contributed by atoms with Gasteiger partial charge in [0.2, 0.25) is 3.79 Å². The molecule has 0 aliphatic rings. The number of hydrogen-bond acceptors (Lipinski definition) is 3. The van der Waals surface area contributed by atoms with Gasteiger partial charge < -0.3 is 10.1 Å². The van der Waals surface area contributed by atoms with E-state index < -0.39 is 9.96 Å². The molecule has 1 amide bonds. The molecule has 0 heterocycles. The average Bonchev–Trinajstić information content (AvgIpc) is 2.35. The number of nitrogens with one attached hydrogen (secondary N) is 2. The van der Waals surface area contributed by atoms with Gasteiger partial charge in [-0.25, -0.2) is 0 Å². The Morgan fingerprint density at radius 1 is 1.19 bits per heavy atom. The molecule has 0 bridgehead atoms. The van der Waals surface area contributed by atoms with Crippen molar-refractivity contribution in [2.45, 2.75) is 36.3 Å². The summed E-state index contributed by atoms with van der Waals surface area (Å²) in [6.45, 7) is 5.73. The molecule has 4 nitrogen and oxygen atoms in total. The topological polar surface area (TPSA) is 50.4 Å². The van der Waals surface area contributed by atoms with E-state index in [0.29, 0.717) is 11.3 Å². The van der Waals surface area contributed by atoms with Crippen molar-refractivity contribution in [3.63, 3.8) is 0 Å². The molecular weight excluding hydrogens is 335 g/mol. The summed E-state index contributed by atoms with van der Waals surface area (Å²) in [6, 6.07) is 6.84. The van der Waals surface area contributed by atoms with Crippen LogP contribution in [-0.2, 0) is 0 Å². The van der Waals surface area contributed by atoms with Crippen molar-refractivity contribution in [2.75, 3.05) is 7.11 Å². The largest absolute Gasteiger partial charge is 0.496 e. The number of benzene rings is 1. The lowest BCUT2D eigenvalue weighted by Gasteiger charge is -2.33. The fraction of sp³-hybridized carbons (Fsp3) is 0.500. The zero-order valence-electron chi connectivity index (χ0n) is 12.3. The highest BCUT2D eigenvalue weighted by molar-refractivity contribution is 6.68. The van der Waals surface area contributed by atoms with Crippen molar-refractivity contribution >= 4 is 40.7 Å². The van der Waals surface area contributed by atoms with Gasteiger partial charge in [-0.15, -0.1) is 0 Å². The van der Waals surface area contributed by atoms with E-state index in [1.54, 1.807) is 24.3 Å². The number of hydrogen-bond donors (Lipinski definition) is 2. The summed E-state index contributed by atoms with van der Waals surface area (Å²) in [5, 5.41) is 5.74. The van der Waals surface area contributed by atoms with Crippen LogP contribution >= 0.6 is 34.8 Å². The van der Waals surface area contributed by atoms with Gasteiger partial charge in [0.15, 0.2) is 0 Å². The molecule has 1 aromatic rings. The standard InChI is InChI=1S/C14H19Cl3N2O2/c1-13(2,3)19-12(14(15,16)17)18-11(20)9-7-5-6-8-10(9)21-4/h5-8,12,19H,1-4H3,(H,18,20)/t12-/m1/s1. The van der Waals surface area contributed by atoms with Crippen LogP contribution in [0, 0.1) is 0 Å². The minimum Gasteiger partial charge on any atom is -0.496 e. The van der Waals surface area contributed by atoms with Gasteiger partial charge >= 0.3 is 0 Å². The van der Waals surface area contributed by atoms with Gasteiger partial charge in [0.05, 0.1) is 12.7 Å². The zero-order valence-corrected chi connectivity index (χ0v) is 14.6. The second-order valence-corrected chi connectivity index (χ2v) is 7.91. The quantitative estimate of drug-likeness (QED) is 0.643. The molecule has 0 aliphatic carbocycles. The fourth-order valence-corrected chi connectivity index (χ4v) is 2.00. The van der Waals surface area contributed by atoms with Crippen LogP contribution in [0.2, 0.25) is 0 Å². The molecule has 0 spiro atoms. The number of halogens is 3. The Labute approximate surface area is 140 Å². The second-order valence-electron chi connectivity index (χ2n) is 5.54. The average molecular weight is 354 g/mol. The number of para-hydroxylation sites is 1. The summed E-state index contributed by atoms with van der Waals surface area (Å²) < 4.78 is 3.46. The van der Waals surface area contributed by atoms with Crippen molar-refractivity contribution in [3.8, 4) is 5.75 Å². The van der Waals surface area contributed by atoms with Crippen molar-refractivity contribution in [2.24, 2.45) is 0 Å². The molecule has 1 aromatic carbocycles. The highest BCUT2D eigenvalue weighted by atomic mass is 35.6. The van der Waals surface area contributed by atoms with E-state index in [-0.39, 0.29) is 11.4 Å². The van der Waals surface area contributed by atoms with Crippen molar-refractivity contribution in [1.29, 1.82) is 0 Å². The SMILES string of the molecule is COc1ccccc1C(=O)N[C@H](NC(C)(C)C)C(Cl)(Cl)Cl. The summed E-state index contributed by atoms with van der Waals surface area (Å²) in [5.41, 5.74) is 0.0257. The van der Waals surface area contributed by atoms with Gasteiger partial charge in [0.25, 0.3) is 5.91 Å². The van der Waals surface area contributed by atoms with E-state index in [4.69, 9.17) is 39.5 Å². The summed E-state index contributed by atoms with van der Waals surface area (Å²) in [4.78, 5) is 12.4. The minimum atomic E-state index is -1.69. The summed E-state index contributed by atoms with van der Waals surface area (Å²) in [6.07, 6.45) is -0.847. The first-order chi connectivity index (χ1) is 9.54. The summed E-state index contributed by atoms with van der Waals surface area (Å²) in [5.74, 6) is 0.0642. The van der Waals surface area contributed by atoms with Gasteiger partial charge in [-0.3, -0.25) is 10.1 Å². The predicted molar refractivity (Wildman–Crippen MR) is 87.4 cm³/mol. The van der Waals surface area contributed by atoms with E-state index in [0.717, 1.165) is 0 Å². The smallest absolute Gasteiger partial charge is 0.256 e. The van der Waals surface area contributed by atoms with Crippen molar-refractivity contribution in [1.82, 2.24) is 10.6 Å². The van der Waals surface area contributed by atoms with Crippen LogP contribution in [-0.4, -0.2) is 28.5 Å². The first-order valence-corrected chi connectivity index (χ1v) is 7.46. The van der Waals surface area contributed by atoms with Crippen LogP contribution in [0.25, 0.3) is 0 Å². The third-order valence-electron chi connectivity index (χ3n) is 2.53.